The van der Waals surface area contributed by atoms with E-state index in [-0.39, 0.29) is 29.7 Å². The first-order chi connectivity index (χ1) is 24.3. The molecule has 0 saturated heterocycles. The quantitative estimate of drug-likeness (QED) is 0.124. The number of benzene rings is 3. The van der Waals surface area contributed by atoms with Gasteiger partial charge in [-0.05, 0) is 97.9 Å². The van der Waals surface area contributed by atoms with Gasteiger partial charge in [-0.1, -0.05) is 50.2 Å². The van der Waals surface area contributed by atoms with E-state index in [0.717, 1.165) is 49.9 Å². The van der Waals surface area contributed by atoms with Gasteiger partial charge >= 0.3 is 0 Å². The van der Waals surface area contributed by atoms with Crippen molar-refractivity contribution in [1.29, 1.82) is 0 Å². The second-order valence-corrected chi connectivity index (χ2v) is 12.7. The summed E-state index contributed by atoms with van der Waals surface area (Å²) in [6.45, 7) is 7.57. The molecule has 4 aromatic rings. The highest BCUT2D eigenvalue weighted by molar-refractivity contribution is 5.98. The topological polar surface area (TPSA) is 171 Å². The molecule has 5 rings (SSSR count). The maximum absolute atomic E-state index is 15.6. The first-order valence-corrected chi connectivity index (χ1v) is 17.3. The van der Waals surface area contributed by atoms with Gasteiger partial charge in [0.1, 0.15) is 11.9 Å². The van der Waals surface area contributed by atoms with Gasteiger partial charge < -0.3 is 26.6 Å². The molecule has 1 unspecified atom stereocenters. The normalized spacial score (nSPS) is 16.5. The third kappa shape index (κ3) is 9.36. The first-order valence-electron chi connectivity index (χ1n) is 17.3. The van der Waals surface area contributed by atoms with Crippen molar-refractivity contribution in [3.8, 4) is 22.5 Å². The van der Waals surface area contributed by atoms with Crippen molar-refractivity contribution < 1.29 is 18.8 Å². The van der Waals surface area contributed by atoms with Gasteiger partial charge in [-0.3, -0.25) is 14.4 Å². The first kappa shape index (κ1) is 36.3. The van der Waals surface area contributed by atoms with Crippen molar-refractivity contribution in [1.82, 2.24) is 36.2 Å². The zero-order valence-electron chi connectivity index (χ0n) is 28.6. The Morgan fingerprint density at radius 2 is 1.66 bits per heavy atom. The predicted octanol–water partition coefficient (Wildman–Crippen LogP) is 4.18. The molecule has 50 heavy (non-hydrogen) atoms. The highest BCUT2D eigenvalue weighted by Crippen LogP contribution is 2.29. The van der Waals surface area contributed by atoms with Crippen molar-refractivity contribution in [3.05, 3.63) is 83.7 Å². The van der Waals surface area contributed by atoms with Crippen LogP contribution < -0.4 is 21.7 Å². The van der Waals surface area contributed by atoms with E-state index in [1.54, 1.807) is 48.5 Å². The number of halogens is 1. The van der Waals surface area contributed by atoms with Crippen LogP contribution in [0.5, 0.6) is 0 Å². The molecular formula is C37H46FN9O3. The number of rotatable bonds is 15. The minimum atomic E-state index is -0.863. The van der Waals surface area contributed by atoms with Gasteiger partial charge in [-0.15, -0.1) is 10.2 Å². The molecule has 0 aliphatic heterocycles. The Morgan fingerprint density at radius 1 is 0.960 bits per heavy atom. The number of anilines is 1. The number of hydrogen-bond donors (Lipinski definition) is 5. The third-order valence-corrected chi connectivity index (χ3v) is 9.50. The molecule has 1 aliphatic carbocycles. The number of aromatic amines is 1. The Hall–Kier alpha value is -5.01. The Labute approximate surface area is 291 Å². The zero-order chi connectivity index (χ0) is 35.5. The van der Waals surface area contributed by atoms with Crippen LogP contribution in [0.4, 0.5) is 10.1 Å². The van der Waals surface area contributed by atoms with Gasteiger partial charge in [0.05, 0.1) is 5.56 Å². The number of hydrogen-bond acceptors (Lipinski definition) is 8. The van der Waals surface area contributed by atoms with Crippen molar-refractivity contribution in [2.75, 3.05) is 38.0 Å². The number of nitrogens with zero attached hydrogens (tertiary/aromatic N) is 4. The lowest BCUT2D eigenvalue weighted by Crippen LogP contribution is -2.48. The number of H-pyrrole nitrogens is 1. The number of nitrogens with two attached hydrogens (primary N) is 1. The van der Waals surface area contributed by atoms with E-state index in [4.69, 9.17) is 5.73 Å². The minimum absolute atomic E-state index is 0.0172. The molecule has 0 spiro atoms. The summed E-state index contributed by atoms with van der Waals surface area (Å²) < 4.78 is 15.6. The second kappa shape index (κ2) is 17.6. The maximum Gasteiger partial charge on any atom is 0.254 e. The smallest absolute Gasteiger partial charge is 0.254 e. The summed E-state index contributed by atoms with van der Waals surface area (Å²) in [7, 11) is 0. The van der Waals surface area contributed by atoms with E-state index >= 15 is 4.39 Å². The van der Waals surface area contributed by atoms with Crippen LogP contribution in [-0.4, -0.2) is 82.0 Å². The Bertz CT molecular complexity index is 1700. The fraction of sp³-hybridized carbons (Fsp3) is 0.405. The van der Waals surface area contributed by atoms with Crippen molar-refractivity contribution in [2.45, 2.75) is 52.0 Å². The summed E-state index contributed by atoms with van der Waals surface area (Å²) in [5.41, 5.74) is 8.78. The molecule has 0 radical (unpaired) electrons. The number of tetrazole rings is 1. The van der Waals surface area contributed by atoms with Crippen LogP contribution in [0.3, 0.4) is 0 Å². The Kier molecular flexibility index (Phi) is 12.8. The molecule has 3 amide bonds. The summed E-state index contributed by atoms with van der Waals surface area (Å²) in [4.78, 5) is 42.1. The van der Waals surface area contributed by atoms with E-state index < -0.39 is 17.8 Å². The van der Waals surface area contributed by atoms with E-state index in [0.29, 0.717) is 48.2 Å². The molecule has 264 valence electrons. The number of nitrogens with one attached hydrogen (secondary N) is 4. The van der Waals surface area contributed by atoms with Crippen molar-refractivity contribution >= 4 is 23.4 Å². The molecule has 1 atom stereocenters. The number of likely N-dealkylation sites (N-methyl/N-ethyl adjacent to an activating group) is 1. The molecule has 0 bridgehead atoms. The van der Waals surface area contributed by atoms with Gasteiger partial charge in [0.25, 0.3) is 5.91 Å². The lowest BCUT2D eigenvalue weighted by Gasteiger charge is -2.28. The fourth-order valence-corrected chi connectivity index (χ4v) is 6.32. The lowest BCUT2D eigenvalue weighted by molar-refractivity contribution is -0.130. The number of amides is 3. The van der Waals surface area contributed by atoms with Crippen LogP contribution in [0.2, 0.25) is 0 Å². The molecule has 1 saturated carbocycles. The Balaban J connectivity index is 1.29. The van der Waals surface area contributed by atoms with E-state index in [1.807, 2.05) is 12.1 Å². The largest absolute Gasteiger partial charge is 0.351 e. The van der Waals surface area contributed by atoms with Crippen LogP contribution in [0.15, 0.2) is 66.7 Å². The Morgan fingerprint density at radius 3 is 2.30 bits per heavy atom. The summed E-state index contributed by atoms with van der Waals surface area (Å²) in [5, 5.41) is 22.7. The van der Waals surface area contributed by atoms with Crippen LogP contribution in [0.1, 0.15) is 55.5 Å². The minimum Gasteiger partial charge on any atom is -0.351 e. The van der Waals surface area contributed by atoms with Gasteiger partial charge in [0, 0.05) is 42.2 Å². The second-order valence-electron chi connectivity index (χ2n) is 12.7. The fourth-order valence-electron chi connectivity index (χ4n) is 6.32. The molecule has 1 aliphatic rings. The SMILES string of the molecule is CCN(CC)CCNC(=O)c1cccc(-c2ccc(CC(NC(=O)C3CCC(CN)CC3)C(=O)Nc3ccc(-c4nn[nH]n4)cc3)cc2)c1F. The molecule has 6 N–H and O–H groups in total. The molecular weight excluding hydrogens is 637 g/mol. The van der Waals surface area contributed by atoms with Gasteiger partial charge in [0.2, 0.25) is 17.6 Å². The third-order valence-electron chi connectivity index (χ3n) is 9.50. The van der Waals surface area contributed by atoms with Crippen LogP contribution in [0, 0.1) is 17.7 Å². The molecule has 3 aromatic carbocycles. The van der Waals surface area contributed by atoms with Crippen molar-refractivity contribution in [3.63, 3.8) is 0 Å². The molecule has 12 nitrogen and oxygen atoms in total. The summed E-state index contributed by atoms with van der Waals surface area (Å²) >= 11 is 0. The predicted molar refractivity (Wildman–Crippen MR) is 190 cm³/mol. The average Bonchev–Trinajstić information content (AvgIpc) is 3.69. The standard InChI is InChI=1S/C37H46FN9O3/c1-3-47(4-2)21-20-40-36(49)31-7-5-6-30(33(31)38)26-12-8-24(9-13-26)22-32(42-35(48)28-14-10-25(23-39)11-15-28)37(50)41-29-18-16-27(17-19-29)34-43-45-46-44-34/h5-9,12-13,16-19,25,28,32H,3-4,10-11,14-15,20-23,39H2,1-2H3,(H,40,49)(H,41,50)(H,42,48)(H,43,44,45,46). The number of carbonyl (C=O) groups excluding carboxylic acids is 3. The van der Waals surface area contributed by atoms with Gasteiger partial charge in [0.15, 0.2) is 0 Å². The molecule has 1 fully saturated rings. The average molecular weight is 684 g/mol. The van der Waals surface area contributed by atoms with Crippen LogP contribution >= 0.6 is 0 Å². The van der Waals surface area contributed by atoms with E-state index in [1.165, 1.54) is 6.07 Å². The summed E-state index contributed by atoms with van der Waals surface area (Å²) in [6.07, 6.45) is 3.44. The zero-order valence-corrected chi connectivity index (χ0v) is 28.6. The van der Waals surface area contributed by atoms with Crippen molar-refractivity contribution in [2.24, 2.45) is 17.6 Å². The number of carbonyl (C=O) groups is 3. The molecule has 1 heterocycles. The highest BCUT2D eigenvalue weighted by Gasteiger charge is 2.29. The van der Waals surface area contributed by atoms with Crippen LogP contribution in [0.25, 0.3) is 22.5 Å². The van der Waals surface area contributed by atoms with E-state index in [9.17, 15) is 14.4 Å². The number of aromatic nitrogens is 4. The van der Waals surface area contributed by atoms with Crippen LogP contribution in [-0.2, 0) is 16.0 Å². The van der Waals surface area contributed by atoms with Gasteiger partial charge in [-0.25, -0.2) is 4.39 Å². The molecule has 1 aromatic heterocycles. The summed E-state index contributed by atoms with van der Waals surface area (Å²) in [5.74, 6) is -0.908. The summed E-state index contributed by atoms with van der Waals surface area (Å²) in [6, 6.07) is 18.1. The molecule has 13 heteroatoms. The maximum atomic E-state index is 15.6. The highest BCUT2D eigenvalue weighted by atomic mass is 19.1. The lowest BCUT2D eigenvalue weighted by atomic mass is 9.81. The van der Waals surface area contributed by atoms with Gasteiger partial charge in [-0.2, -0.15) is 5.21 Å². The van der Waals surface area contributed by atoms with E-state index in [2.05, 4.69) is 55.3 Å². The monoisotopic (exact) mass is 683 g/mol.